The molecule has 0 spiro atoms. The maximum Gasteiger partial charge on any atom is 0.267 e. The van der Waals surface area contributed by atoms with Crippen molar-refractivity contribution in [1.82, 2.24) is 0 Å². The Kier molecular flexibility index (Phi) is 4.43. The lowest BCUT2D eigenvalue weighted by Gasteiger charge is -2.10. The lowest BCUT2D eigenvalue weighted by atomic mass is 10.1. The molecule has 1 amide bonds. The van der Waals surface area contributed by atoms with Gasteiger partial charge in [0.15, 0.2) is 0 Å². The van der Waals surface area contributed by atoms with Crippen molar-refractivity contribution in [3.05, 3.63) is 61.0 Å². The van der Waals surface area contributed by atoms with Crippen molar-refractivity contribution in [2.45, 2.75) is 13.8 Å². The van der Waals surface area contributed by atoms with Crippen molar-refractivity contribution in [3.8, 4) is 0 Å². The van der Waals surface area contributed by atoms with Gasteiger partial charge in [-0.3, -0.25) is 4.79 Å². The zero-order valence-electron chi connectivity index (χ0n) is 12.0. The van der Waals surface area contributed by atoms with Crippen LogP contribution >= 0.6 is 45.5 Å². The SMILES string of the molecule is Cc1cc(NC(=O)c2sc3ccccc3c2Cl)c(C)cc1I. The molecule has 0 unspecified atom stereocenters. The van der Waals surface area contributed by atoms with Crippen LogP contribution in [0.5, 0.6) is 0 Å². The summed E-state index contributed by atoms with van der Waals surface area (Å²) in [7, 11) is 0. The van der Waals surface area contributed by atoms with E-state index in [2.05, 4.69) is 34.0 Å². The second-order valence-corrected chi connectivity index (χ2v) is 7.70. The molecule has 3 rings (SSSR count). The number of benzene rings is 2. The second kappa shape index (κ2) is 6.18. The standard InChI is InChI=1S/C17H13ClINOS/c1-9-8-13(10(2)7-12(9)19)20-17(21)16-15(18)11-5-3-4-6-14(11)22-16/h3-8H,1-2H3,(H,20,21). The minimum Gasteiger partial charge on any atom is -0.321 e. The molecule has 0 aliphatic rings. The summed E-state index contributed by atoms with van der Waals surface area (Å²) in [5, 5.41) is 4.43. The van der Waals surface area contributed by atoms with Crippen LogP contribution in [0.2, 0.25) is 5.02 Å². The van der Waals surface area contributed by atoms with E-state index in [1.54, 1.807) is 0 Å². The number of aryl methyl sites for hydroxylation is 2. The molecule has 0 aliphatic carbocycles. The average Bonchev–Trinajstić information content (AvgIpc) is 2.82. The van der Waals surface area contributed by atoms with Crippen LogP contribution in [0.3, 0.4) is 0 Å². The van der Waals surface area contributed by atoms with E-state index in [1.807, 2.05) is 44.2 Å². The van der Waals surface area contributed by atoms with Crippen molar-refractivity contribution >= 4 is 67.2 Å². The van der Waals surface area contributed by atoms with E-state index in [4.69, 9.17) is 11.6 Å². The van der Waals surface area contributed by atoms with Crippen molar-refractivity contribution in [1.29, 1.82) is 0 Å². The fourth-order valence-electron chi connectivity index (χ4n) is 2.25. The van der Waals surface area contributed by atoms with Gasteiger partial charge in [-0.15, -0.1) is 11.3 Å². The van der Waals surface area contributed by atoms with E-state index < -0.39 is 0 Å². The molecule has 0 bridgehead atoms. The van der Waals surface area contributed by atoms with Crippen LogP contribution in [0.15, 0.2) is 36.4 Å². The second-order valence-electron chi connectivity index (χ2n) is 5.11. The molecule has 1 N–H and O–H groups in total. The van der Waals surface area contributed by atoms with Gasteiger partial charge in [0.05, 0.1) is 5.02 Å². The predicted octanol–water partition coefficient (Wildman–Crippen LogP) is 6.03. The van der Waals surface area contributed by atoms with Gasteiger partial charge in [0.25, 0.3) is 5.91 Å². The Bertz CT molecular complexity index is 888. The maximum atomic E-state index is 12.6. The third kappa shape index (κ3) is 2.87. The first-order valence-corrected chi connectivity index (χ1v) is 9.00. The highest BCUT2D eigenvalue weighted by atomic mass is 127. The molecule has 112 valence electrons. The minimum atomic E-state index is -0.157. The molecule has 0 radical (unpaired) electrons. The fourth-order valence-corrected chi connectivity index (χ4v) is 4.29. The number of halogens is 2. The van der Waals surface area contributed by atoms with E-state index in [-0.39, 0.29) is 5.91 Å². The molecule has 1 heterocycles. The summed E-state index contributed by atoms with van der Waals surface area (Å²) >= 11 is 10.1. The van der Waals surface area contributed by atoms with Crippen LogP contribution in [-0.4, -0.2) is 5.91 Å². The molecule has 3 aromatic rings. The smallest absolute Gasteiger partial charge is 0.267 e. The molecule has 0 saturated heterocycles. The van der Waals surface area contributed by atoms with E-state index in [0.717, 1.165) is 26.9 Å². The number of hydrogen-bond donors (Lipinski definition) is 1. The van der Waals surface area contributed by atoms with E-state index in [9.17, 15) is 4.79 Å². The Balaban J connectivity index is 1.97. The third-order valence-electron chi connectivity index (χ3n) is 3.49. The highest BCUT2D eigenvalue weighted by Crippen LogP contribution is 2.35. The van der Waals surface area contributed by atoms with Gasteiger partial charge < -0.3 is 5.32 Å². The molecule has 0 atom stereocenters. The average molecular weight is 442 g/mol. The van der Waals surface area contributed by atoms with Gasteiger partial charge in [-0.25, -0.2) is 0 Å². The largest absolute Gasteiger partial charge is 0.321 e. The van der Waals surface area contributed by atoms with Crippen LogP contribution in [0, 0.1) is 17.4 Å². The molecule has 2 aromatic carbocycles. The summed E-state index contributed by atoms with van der Waals surface area (Å²) in [5.41, 5.74) is 3.01. The van der Waals surface area contributed by atoms with E-state index in [0.29, 0.717) is 9.90 Å². The van der Waals surface area contributed by atoms with Crippen molar-refractivity contribution in [2.75, 3.05) is 5.32 Å². The van der Waals surface area contributed by atoms with E-state index in [1.165, 1.54) is 14.9 Å². The molecular weight excluding hydrogens is 429 g/mol. The molecule has 0 saturated carbocycles. The Labute approximate surface area is 151 Å². The van der Waals surface area contributed by atoms with Crippen molar-refractivity contribution < 1.29 is 4.79 Å². The minimum absolute atomic E-state index is 0.157. The Hall–Kier alpha value is -1.11. The first-order chi connectivity index (χ1) is 10.5. The Morgan fingerprint density at radius 1 is 1.18 bits per heavy atom. The zero-order valence-corrected chi connectivity index (χ0v) is 15.8. The number of nitrogens with one attached hydrogen (secondary N) is 1. The quantitative estimate of drug-likeness (QED) is 0.483. The predicted molar refractivity (Wildman–Crippen MR) is 103 cm³/mol. The van der Waals surface area contributed by atoms with Gasteiger partial charge in [0, 0.05) is 19.3 Å². The van der Waals surface area contributed by atoms with Gasteiger partial charge in [0.1, 0.15) is 4.88 Å². The van der Waals surface area contributed by atoms with Crippen LogP contribution < -0.4 is 5.32 Å². The Morgan fingerprint density at radius 2 is 1.91 bits per heavy atom. The molecule has 0 fully saturated rings. The summed E-state index contributed by atoms with van der Waals surface area (Å²) < 4.78 is 2.21. The summed E-state index contributed by atoms with van der Waals surface area (Å²) in [6.07, 6.45) is 0. The normalized spacial score (nSPS) is 10.9. The van der Waals surface area contributed by atoms with E-state index >= 15 is 0 Å². The highest BCUT2D eigenvalue weighted by Gasteiger charge is 2.17. The molecule has 0 aliphatic heterocycles. The fraction of sp³-hybridized carbons (Fsp3) is 0.118. The first kappa shape index (κ1) is 15.8. The monoisotopic (exact) mass is 441 g/mol. The highest BCUT2D eigenvalue weighted by molar-refractivity contribution is 14.1. The summed E-state index contributed by atoms with van der Waals surface area (Å²) in [6, 6.07) is 11.8. The van der Waals surface area contributed by atoms with Crippen LogP contribution in [0.1, 0.15) is 20.8 Å². The number of hydrogen-bond acceptors (Lipinski definition) is 2. The number of amides is 1. The number of fused-ring (bicyclic) bond motifs is 1. The van der Waals surface area contributed by atoms with Gasteiger partial charge in [-0.05, 0) is 65.8 Å². The molecule has 5 heteroatoms. The van der Waals surface area contributed by atoms with Gasteiger partial charge in [-0.2, -0.15) is 0 Å². The van der Waals surface area contributed by atoms with Crippen LogP contribution in [-0.2, 0) is 0 Å². The summed E-state index contributed by atoms with van der Waals surface area (Å²) in [4.78, 5) is 13.1. The van der Waals surface area contributed by atoms with Crippen LogP contribution in [0.4, 0.5) is 5.69 Å². The topological polar surface area (TPSA) is 29.1 Å². The summed E-state index contributed by atoms with van der Waals surface area (Å²) in [6.45, 7) is 4.02. The Morgan fingerprint density at radius 3 is 2.64 bits per heavy atom. The summed E-state index contributed by atoms with van der Waals surface area (Å²) in [5.74, 6) is -0.157. The van der Waals surface area contributed by atoms with Gasteiger partial charge >= 0.3 is 0 Å². The van der Waals surface area contributed by atoms with Gasteiger partial charge in [-0.1, -0.05) is 29.8 Å². The van der Waals surface area contributed by atoms with Gasteiger partial charge in [0.2, 0.25) is 0 Å². The molecular formula is C17H13ClINOS. The number of carbonyl (C=O) groups is 1. The van der Waals surface area contributed by atoms with Crippen molar-refractivity contribution in [2.24, 2.45) is 0 Å². The molecule has 1 aromatic heterocycles. The number of anilines is 1. The number of carbonyl (C=O) groups excluding carboxylic acids is 1. The van der Waals surface area contributed by atoms with Crippen molar-refractivity contribution in [3.63, 3.8) is 0 Å². The first-order valence-electron chi connectivity index (χ1n) is 6.72. The maximum absolute atomic E-state index is 12.6. The molecule has 2 nitrogen and oxygen atoms in total. The third-order valence-corrected chi connectivity index (χ3v) is 6.33. The number of thiophene rings is 1. The molecule has 22 heavy (non-hydrogen) atoms. The zero-order chi connectivity index (χ0) is 15.9. The lowest BCUT2D eigenvalue weighted by Crippen LogP contribution is -2.12. The van der Waals surface area contributed by atoms with Crippen LogP contribution in [0.25, 0.3) is 10.1 Å². The number of rotatable bonds is 2. The lowest BCUT2D eigenvalue weighted by molar-refractivity contribution is 0.103.